The maximum Gasteiger partial charge on any atom is 0.139 e. The van der Waals surface area contributed by atoms with Crippen LogP contribution >= 0.6 is 0 Å². The Kier molecular flexibility index (Phi) is 1.95. The van der Waals surface area contributed by atoms with Crippen molar-refractivity contribution in [2.24, 2.45) is 10.8 Å². The molecule has 0 heterocycles. The lowest BCUT2D eigenvalue weighted by Crippen LogP contribution is -2.39. The van der Waals surface area contributed by atoms with Gasteiger partial charge in [-0.1, -0.05) is 32.1 Å². The van der Waals surface area contributed by atoms with E-state index in [2.05, 4.69) is 39.0 Å². The van der Waals surface area contributed by atoms with Crippen molar-refractivity contribution in [3.05, 3.63) is 23.8 Å². The fourth-order valence-corrected chi connectivity index (χ4v) is 3.05. The van der Waals surface area contributed by atoms with E-state index in [1.807, 2.05) is 0 Å². The highest BCUT2D eigenvalue weighted by atomic mass is 16.1. The Balaban J connectivity index is 2.55. The predicted octanol–water partition coefficient (Wildman–Crippen LogP) is 3.27. The SMILES string of the molecule is C/C=C1\C=CC[C@]2(C)C(=O)CC[C@@]12C. The normalized spacial score (nSPS) is 44.5. The van der Waals surface area contributed by atoms with Crippen molar-refractivity contribution >= 4 is 5.78 Å². The summed E-state index contributed by atoms with van der Waals surface area (Å²) in [7, 11) is 0. The summed E-state index contributed by atoms with van der Waals surface area (Å²) < 4.78 is 0. The Morgan fingerprint density at radius 3 is 2.71 bits per heavy atom. The van der Waals surface area contributed by atoms with Crippen molar-refractivity contribution in [1.82, 2.24) is 0 Å². The van der Waals surface area contributed by atoms with Gasteiger partial charge in [-0.05, 0) is 25.3 Å². The van der Waals surface area contributed by atoms with Gasteiger partial charge in [0, 0.05) is 17.3 Å². The first-order chi connectivity index (χ1) is 6.54. The van der Waals surface area contributed by atoms with Crippen LogP contribution < -0.4 is 0 Å². The van der Waals surface area contributed by atoms with E-state index in [0.29, 0.717) is 5.78 Å². The summed E-state index contributed by atoms with van der Waals surface area (Å²) in [6, 6.07) is 0. The summed E-state index contributed by atoms with van der Waals surface area (Å²) in [6.07, 6.45) is 9.20. The number of fused-ring (bicyclic) bond motifs is 1. The second-order valence-corrected chi connectivity index (χ2v) is 4.94. The molecule has 0 aromatic rings. The zero-order chi connectivity index (χ0) is 10.4. The molecule has 1 saturated carbocycles. The Morgan fingerprint density at radius 2 is 2.07 bits per heavy atom. The van der Waals surface area contributed by atoms with Crippen LogP contribution in [0.25, 0.3) is 0 Å². The van der Waals surface area contributed by atoms with E-state index in [-0.39, 0.29) is 10.8 Å². The molecule has 0 aromatic heterocycles. The van der Waals surface area contributed by atoms with E-state index in [4.69, 9.17) is 0 Å². The average molecular weight is 190 g/mol. The number of carbonyl (C=O) groups excluding carboxylic acids is 1. The fourth-order valence-electron chi connectivity index (χ4n) is 3.05. The van der Waals surface area contributed by atoms with Crippen LogP contribution in [0.5, 0.6) is 0 Å². The van der Waals surface area contributed by atoms with Crippen LogP contribution in [0.4, 0.5) is 0 Å². The molecule has 1 nitrogen and oxygen atoms in total. The van der Waals surface area contributed by atoms with Gasteiger partial charge in [0.2, 0.25) is 0 Å². The van der Waals surface area contributed by atoms with Gasteiger partial charge in [-0.3, -0.25) is 4.79 Å². The molecule has 14 heavy (non-hydrogen) atoms. The van der Waals surface area contributed by atoms with Gasteiger partial charge in [0.05, 0.1) is 0 Å². The lowest BCUT2D eigenvalue weighted by molar-refractivity contribution is -0.127. The van der Waals surface area contributed by atoms with E-state index in [1.54, 1.807) is 0 Å². The first kappa shape index (κ1) is 9.70. The zero-order valence-electron chi connectivity index (χ0n) is 9.26. The zero-order valence-corrected chi connectivity index (χ0v) is 9.26. The summed E-state index contributed by atoms with van der Waals surface area (Å²) in [4.78, 5) is 11.9. The van der Waals surface area contributed by atoms with Gasteiger partial charge in [0.25, 0.3) is 0 Å². The highest BCUT2D eigenvalue weighted by Crippen LogP contribution is 2.58. The molecule has 0 spiro atoms. The molecule has 0 amide bonds. The molecule has 2 atom stereocenters. The first-order valence-electron chi connectivity index (χ1n) is 5.41. The number of allylic oxidation sites excluding steroid dienone is 4. The number of carbonyl (C=O) groups is 1. The largest absolute Gasteiger partial charge is 0.299 e. The molecule has 1 fully saturated rings. The topological polar surface area (TPSA) is 17.1 Å². The molecule has 0 aliphatic heterocycles. The molecule has 76 valence electrons. The molecular formula is C13H18O. The minimum absolute atomic E-state index is 0.0909. The Morgan fingerprint density at radius 1 is 1.36 bits per heavy atom. The van der Waals surface area contributed by atoms with Crippen molar-refractivity contribution in [3.8, 4) is 0 Å². The minimum atomic E-state index is -0.135. The molecule has 2 rings (SSSR count). The molecule has 0 unspecified atom stereocenters. The molecule has 0 radical (unpaired) electrons. The van der Waals surface area contributed by atoms with Gasteiger partial charge in [-0.15, -0.1) is 0 Å². The number of Topliss-reactive ketones (excluding diaryl/α,β-unsaturated/α-hetero) is 1. The van der Waals surface area contributed by atoms with E-state index >= 15 is 0 Å². The fraction of sp³-hybridized carbons (Fsp3) is 0.615. The first-order valence-corrected chi connectivity index (χ1v) is 5.41. The van der Waals surface area contributed by atoms with Crippen molar-refractivity contribution in [2.45, 2.75) is 40.0 Å². The average Bonchev–Trinajstić information content (AvgIpc) is 2.40. The van der Waals surface area contributed by atoms with Crippen molar-refractivity contribution in [1.29, 1.82) is 0 Å². The van der Waals surface area contributed by atoms with E-state index in [9.17, 15) is 4.79 Å². The van der Waals surface area contributed by atoms with Crippen molar-refractivity contribution in [3.63, 3.8) is 0 Å². The van der Waals surface area contributed by atoms with Crippen LogP contribution in [-0.4, -0.2) is 5.78 Å². The van der Waals surface area contributed by atoms with Gasteiger partial charge >= 0.3 is 0 Å². The maximum absolute atomic E-state index is 11.9. The lowest BCUT2D eigenvalue weighted by atomic mass is 9.59. The number of rotatable bonds is 0. The molecule has 2 aliphatic carbocycles. The second-order valence-electron chi connectivity index (χ2n) is 4.94. The summed E-state index contributed by atoms with van der Waals surface area (Å²) in [5, 5.41) is 0. The van der Waals surface area contributed by atoms with Crippen molar-refractivity contribution < 1.29 is 4.79 Å². The third-order valence-electron chi connectivity index (χ3n) is 4.46. The van der Waals surface area contributed by atoms with E-state index in [0.717, 1.165) is 19.3 Å². The summed E-state index contributed by atoms with van der Waals surface area (Å²) >= 11 is 0. The number of ketones is 1. The van der Waals surface area contributed by atoms with E-state index < -0.39 is 0 Å². The van der Waals surface area contributed by atoms with Crippen molar-refractivity contribution in [2.75, 3.05) is 0 Å². The van der Waals surface area contributed by atoms with Crippen LogP contribution in [0.3, 0.4) is 0 Å². The lowest BCUT2D eigenvalue weighted by Gasteiger charge is -2.43. The minimum Gasteiger partial charge on any atom is -0.299 e. The highest BCUT2D eigenvalue weighted by molar-refractivity contribution is 5.89. The Labute approximate surface area is 85.9 Å². The van der Waals surface area contributed by atoms with Crippen LogP contribution in [0, 0.1) is 10.8 Å². The van der Waals surface area contributed by atoms with Gasteiger partial charge in [0.1, 0.15) is 5.78 Å². The highest BCUT2D eigenvalue weighted by Gasteiger charge is 2.55. The summed E-state index contributed by atoms with van der Waals surface area (Å²) in [5.74, 6) is 0.448. The second kappa shape index (κ2) is 2.82. The molecular weight excluding hydrogens is 172 g/mol. The Hall–Kier alpha value is -0.850. The maximum atomic E-state index is 11.9. The Bertz CT molecular complexity index is 337. The third kappa shape index (κ3) is 0.930. The van der Waals surface area contributed by atoms with Crippen LogP contribution in [0.15, 0.2) is 23.8 Å². The summed E-state index contributed by atoms with van der Waals surface area (Å²) in [5.41, 5.74) is 1.30. The quantitative estimate of drug-likeness (QED) is 0.573. The monoisotopic (exact) mass is 190 g/mol. The van der Waals surface area contributed by atoms with Crippen LogP contribution in [-0.2, 0) is 4.79 Å². The summed E-state index contributed by atoms with van der Waals surface area (Å²) in [6.45, 7) is 6.45. The number of hydrogen-bond acceptors (Lipinski definition) is 1. The predicted molar refractivity (Wildman–Crippen MR) is 58.0 cm³/mol. The van der Waals surface area contributed by atoms with Gasteiger partial charge in [-0.25, -0.2) is 0 Å². The molecule has 2 aliphatic rings. The molecule has 0 saturated heterocycles. The number of hydrogen-bond donors (Lipinski definition) is 0. The van der Waals surface area contributed by atoms with Gasteiger partial charge in [-0.2, -0.15) is 0 Å². The smallest absolute Gasteiger partial charge is 0.139 e. The van der Waals surface area contributed by atoms with Gasteiger partial charge < -0.3 is 0 Å². The van der Waals surface area contributed by atoms with Crippen LogP contribution in [0.1, 0.15) is 40.0 Å². The van der Waals surface area contributed by atoms with E-state index in [1.165, 1.54) is 5.57 Å². The molecule has 0 N–H and O–H groups in total. The molecule has 0 aromatic carbocycles. The standard InChI is InChI=1S/C13H18O/c1-4-10-6-5-8-13(3)11(14)7-9-12(10,13)2/h4-6H,7-9H2,1-3H3/b10-4+/t12-,13+/m0/s1. The van der Waals surface area contributed by atoms with Crippen LogP contribution in [0.2, 0.25) is 0 Å². The van der Waals surface area contributed by atoms with Gasteiger partial charge in [0.15, 0.2) is 0 Å². The third-order valence-corrected chi connectivity index (χ3v) is 4.46. The molecule has 0 bridgehead atoms. The molecule has 1 heteroatoms.